The molecular weight excluding hydrogens is 1860 g/mol. The fraction of sp³-hybridized carbons (Fsp3) is 0.283. The molecule has 1 aliphatic heterocycles. The van der Waals surface area contributed by atoms with Crippen molar-refractivity contribution in [2.24, 2.45) is 21.1 Å². The second-order valence-electron chi connectivity index (χ2n) is 36.1. The van der Waals surface area contributed by atoms with Gasteiger partial charge in [-0.1, -0.05) is 32.0 Å². The van der Waals surface area contributed by atoms with Gasteiger partial charge in [-0.2, -0.15) is 60.3 Å². The number of hydrogen-bond donors (Lipinski definition) is 10. The zero-order valence-electron chi connectivity index (χ0n) is 83.0. The largest absolute Gasteiger partial charge is 0.495 e. The number of carbonyl (C=O) groups excluding carboxylic acids is 2. The van der Waals surface area contributed by atoms with Crippen LogP contribution in [0.1, 0.15) is 129 Å². The van der Waals surface area contributed by atoms with Crippen molar-refractivity contribution in [1.82, 2.24) is 120 Å². The summed E-state index contributed by atoms with van der Waals surface area (Å²) in [5.41, 5.74) is 21.2. The van der Waals surface area contributed by atoms with Crippen molar-refractivity contribution in [3.8, 4) is 102 Å². The van der Waals surface area contributed by atoms with Crippen LogP contribution < -0.4 is 65.1 Å². The van der Waals surface area contributed by atoms with Gasteiger partial charge in [0.15, 0.2) is 22.9 Å². The molecule has 1 saturated heterocycles. The maximum atomic E-state index is 12.1. The molecule has 40 nitrogen and oxygen atoms in total. The van der Waals surface area contributed by atoms with Gasteiger partial charge < -0.3 is 98.6 Å². The van der Waals surface area contributed by atoms with E-state index >= 15 is 0 Å². The summed E-state index contributed by atoms with van der Waals surface area (Å²) in [6.07, 6.45) is 28.1. The molecule has 2 amide bonds. The second kappa shape index (κ2) is 41.8. The third kappa shape index (κ3) is 20.5. The Hall–Kier alpha value is -17.7. The Kier molecular flexibility index (Phi) is 27.4. The molecule has 23 rings (SSSR count). The highest BCUT2D eigenvalue weighted by Gasteiger charge is 2.31. The molecule has 6 aromatic carbocycles. The number of aromatic nitrogens is 22. The highest BCUT2D eigenvalue weighted by molar-refractivity contribution is 6.03. The van der Waals surface area contributed by atoms with Crippen molar-refractivity contribution in [2.45, 2.75) is 130 Å². The van der Waals surface area contributed by atoms with Crippen LogP contribution in [0.2, 0.25) is 0 Å². The zero-order chi connectivity index (χ0) is 101. The van der Waals surface area contributed by atoms with E-state index in [1.54, 1.807) is 89.9 Å². The number of methoxy groups -OCH3 is 3. The third-order valence-electron chi connectivity index (χ3n) is 25.5. The predicted molar refractivity (Wildman–Crippen MR) is 556 cm³/mol. The van der Waals surface area contributed by atoms with Crippen LogP contribution in [0.5, 0.6) is 40.8 Å². The van der Waals surface area contributed by atoms with E-state index in [1.165, 1.54) is 7.11 Å². The Morgan fingerprint density at radius 1 is 0.438 bits per heavy atom. The average molecular weight is 1970 g/mol. The fourth-order valence-electron chi connectivity index (χ4n) is 18.3. The molecule has 14 aromatic heterocycles. The number of aromatic amines is 4. The highest BCUT2D eigenvalue weighted by Crippen LogP contribution is 2.45. The predicted octanol–water partition coefficient (Wildman–Crippen LogP) is 19.9. The van der Waals surface area contributed by atoms with Gasteiger partial charge >= 0.3 is 0 Å². The summed E-state index contributed by atoms with van der Waals surface area (Å²) >= 11 is 0. The molecule has 10 N–H and O–H groups in total. The first-order valence-corrected chi connectivity index (χ1v) is 48.3. The average Bonchev–Trinajstić information content (AvgIpc) is 1.61. The molecule has 0 unspecified atom stereocenters. The van der Waals surface area contributed by atoms with E-state index in [-0.39, 0.29) is 42.1 Å². The van der Waals surface area contributed by atoms with Crippen molar-refractivity contribution >= 4 is 125 Å². The Balaban J connectivity index is 0.000000119. The molecule has 2 aliphatic carbocycles. The molecule has 0 spiro atoms. The normalized spacial score (nSPS) is 13.7. The van der Waals surface area contributed by atoms with Gasteiger partial charge in [0.05, 0.1) is 103 Å². The number of benzene rings is 6. The topological polar surface area (TPSA) is 470 Å². The van der Waals surface area contributed by atoms with Crippen LogP contribution in [0.4, 0.5) is 46.5 Å². The van der Waals surface area contributed by atoms with E-state index in [4.69, 9.17) is 76.6 Å². The lowest BCUT2D eigenvalue weighted by atomic mass is 9.98. The number of nitrogens with zero attached hydrogens (tertiary/aromatic N) is 18. The first-order chi connectivity index (χ1) is 71.0. The monoisotopic (exact) mass is 1970 g/mol. The summed E-state index contributed by atoms with van der Waals surface area (Å²) in [6, 6.07) is 40.2. The number of hydrogen-bond acceptors (Lipinski definition) is 30. The van der Waals surface area contributed by atoms with Gasteiger partial charge in [0, 0.05) is 162 Å². The molecule has 746 valence electrons. The summed E-state index contributed by atoms with van der Waals surface area (Å²) in [5, 5.41) is 38.8. The SMILES string of the molecule is CNC(=O)c1ccc(Nc2nc(OC(C)C)c3c(-c4ccnn4C)c[nH]c3n2)c(OC)c1.CNC(=O)c1ccc(Nc2nc(O[C@H]3CCOC3)c3c(-c4ccnn4C)c[nH]c3n2)c(C(C)C)c1.COc1cc(-c2cnn(C)c2)ccc1Nc1nc(OC2CCCC2)c2c(-c3ccc4nc(C)oc4c3)c[nH]c2n1.COc1cc(-n2cccn2)ccc1Nc1nc(OC2CCCC2)c2c(-c3ccc4nc(C)oc4c3)c[nH]c2n1. The van der Waals surface area contributed by atoms with Crippen LogP contribution in [0.3, 0.4) is 0 Å². The van der Waals surface area contributed by atoms with E-state index in [9.17, 15) is 9.59 Å². The first kappa shape index (κ1) is 95.8. The number of carbonyl (C=O) groups is 2. The lowest BCUT2D eigenvalue weighted by Gasteiger charge is -2.17. The lowest BCUT2D eigenvalue weighted by Crippen LogP contribution is -2.18. The van der Waals surface area contributed by atoms with E-state index in [0.29, 0.717) is 129 Å². The molecule has 15 heterocycles. The van der Waals surface area contributed by atoms with Gasteiger partial charge in [0.1, 0.15) is 69.2 Å². The van der Waals surface area contributed by atoms with Gasteiger partial charge in [0.2, 0.25) is 47.3 Å². The van der Waals surface area contributed by atoms with E-state index in [2.05, 4.69) is 106 Å². The smallest absolute Gasteiger partial charge is 0.251 e. The Morgan fingerprint density at radius 3 is 1.34 bits per heavy atom. The van der Waals surface area contributed by atoms with Gasteiger partial charge in [-0.05, 0) is 197 Å². The molecule has 3 fully saturated rings. The molecule has 1 atom stereocenters. The Bertz CT molecular complexity index is 8140. The number of fused-ring (bicyclic) bond motifs is 6. The quantitative estimate of drug-likeness (QED) is 0.0218. The lowest BCUT2D eigenvalue weighted by molar-refractivity contribution is 0.0955. The number of ether oxygens (including phenoxy) is 8. The van der Waals surface area contributed by atoms with Gasteiger partial charge in [-0.15, -0.1) is 0 Å². The summed E-state index contributed by atoms with van der Waals surface area (Å²) in [4.78, 5) is 84.2. The van der Waals surface area contributed by atoms with Crippen LogP contribution >= 0.6 is 0 Å². The second-order valence-corrected chi connectivity index (χ2v) is 36.1. The maximum absolute atomic E-state index is 12.1. The fourth-order valence-corrected chi connectivity index (χ4v) is 18.3. The van der Waals surface area contributed by atoms with Gasteiger partial charge in [-0.3, -0.25) is 23.6 Å². The first-order valence-electron chi connectivity index (χ1n) is 48.3. The number of anilines is 8. The maximum Gasteiger partial charge on any atom is 0.251 e. The van der Waals surface area contributed by atoms with Crippen LogP contribution in [-0.4, -0.2) is 194 Å². The van der Waals surface area contributed by atoms with Crippen LogP contribution in [-0.2, 0) is 25.9 Å². The van der Waals surface area contributed by atoms with Gasteiger partial charge in [-0.25, -0.2) is 14.6 Å². The van der Waals surface area contributed by atoms with Crippen molar-refractivity contribution in [1.29, 1.82) is 0 Å². The molecule has 0 bridgehead atoms. The van der Waals surface area contributed by atoms with Crippen LogP contribution in [0.25, 0.3) is 128 Å². The standard InChI is InChI=1S/C30H29N7O3.C29H27N7O3.C25H29N7O3.C22H25N7O3/c1-17-33-24-11-9-19(13-26(24)39-17)22-15-31-28-27(22)29(40-21-6-4-5-7-21)36-30(35-28)34-23-10-8-18(12-25(23)38-3)20-14-32-37(2)16-20;1-17-32-23-10-8-18(14-25(23)38-17)21-16-30-27-26(21)28(39-20-6-3-4-7-20)35-29(34-27)33-22-11-9-19(15-24(22)37-2)36-13-5-12-31-36;1-14(2)17-11-15(23(33)26-3)5-6-19(17)29-25-30-22-21(24(31-25)35-16-8-10-34-13-16)18(12-27-22)20-7-9-28-32(20)4;1-12(2)32-21-18-14(16-8-9-25-29(16)4)11-24-19(18)27-22(28-21)26-15-7-6-13(20(30)23-3)10-17(15)31-5/h8-16,21H,4-7H2,1-3H3,(H2,31,34,35,36);5,8-16,20H,3-4,6-7H2,1-2H3,(H2,30,33,34,35);5-7,9,11-12,14,16H,8,10,13H2,1-4H3,(H,26,33)(H2,27,29,30,31);6-12H,1-5H3,(H,23,30)(H2,24,26,27,28)/t;;16-;/m..0./s1. The minimum Gasteiger partial charge on any atom is -0.495 e. The van der Waals surface area contributed by atoms with E-state index in [0.717, 1.165) is 186 Å². The Labute approximate surface area is 837 Å². The minimum atomic E-state index is -0.200. The summed E-state index contributed by atoms with van der Waals surface area (Å²) < 4.78 is 66.5. The van der Waals surface area contributed by atoms with Crippen LogP contribution in [0, 0.1) is 13.8 Å². The summed E-state index contributed by atoms with van der Waals surface area (Å²) in [7, 11) is 13.7. The van der Waals surface area contributed by atoms with Crippen molar-refractivity contribution in [3.63, 3.8) is 0 Å². The number of amides is 2. The molecule has 0 radical (unpaired) electrons. The van der Waals surface area contributed by atoms with E-state index in [1.807, 2.05) is 195 Å². The molecule has 40 heteroatoms. The number of aryl methyl sites for hydroxylation is 5. The molecule has 146 heavy (non-hydrogen) atoms. The molecule has 20 aromatic rings. The number of nitrogens with one attached hydrogen (secondary N) is 10. The highest BCUT2D eigenvalue weighted by atomic mass is 16.6. The van der Waals surface area contributed by atoms with Crippen molar-refractivity contribution < 1.29 is 56.3 Å². The zero-order valence-corrected chi connectivity index (χ0v) is 83.0. The van der Waals surface area contributed by atoms with Crippen molar-refractivity contribution in [2.75, 3.05) is 69.9 Å². The Morgan fingerprint density at radius 2 is 0.884 bits per heavy atom. The molecule has 2 saturated carbocycles. The minimum absolute atomic E-state index is 0.0756. The number of rotatable bonds is 28. The third-order valence-corrected chi connectivity index (χ3v) is 25.5. The number of oxazole rings is 2. The molecular formula is C106H110N28O12. The molecule has 3 aliphatic rings. The van der Waals surface area contributed by atoms with Crippen LogP contribution in [0.15, 0.2) is 198 Å². The summed E-state index contributed by atoms with van der Waals surface area (Å²) in [5.74, 6) is 6.54. The summed E-state index contributed by atoms with van der Waals surface area (Å²) in [6.45, 7) is 12.9. The van der Waals surface area contributed by atoms with E-state index < -0.39 is 0 Å². The number of H-pyrrole nitrogens is 4. The van der Waals surface area contributed by atoms with Gasteiger partial charge in [0.25, 0.3) is 11.8 Å². The van der Waals surface area contributed by atoms with Crippen molar-refractivity contribution in [3.05, 3.63) is 218 Å².